The molecule has 0 bridgehead atoms. The van der Waals surface area contributed by atoms with Gasteiger partial charge in [0.25, 0.3) is 0 Å². The molecule has 5 heterocycles. The lowest BCUT2D eigenvalue weighted by Crippen LogP contribution is -2.55. The predicted molar refractivity (Wildman–Crippen MR) is 124 cm³/mol. The van der Waals surface area contributed by atoms with Crippen LogP contribution in [0.2, 0.25) is 0 Å². The number of rotatable bonds is 6. The fourth-order valence-electron chi connectivity index (χ4n) is 4.33. The van der Waals surface area contributed by atoms with Crippen molar-refractivity contribution in [1.82, 2.24) is 24.9 Å². The third-order valence-electron chi connectivity index (χ3n) is 6.13. The molecular formula is C23H20F6N8O2. The molecule has 0 aliphatic carbocycles. The number of alkyl halides is 6. The largest absolute Gasteiger partial charge is 0.451 e. The molecule has 2 aliphatic heterocycles. The summed E-state index contributed by atoms with van der Waals surface area (Å²) < 4.78 is 82.7. The van der Waals surface area contributed by atoms with Crippen LogP contribution in [0.1, 0.15) is 29.9 Å². The van der Waals surface area contributed by atoms with Crippen LogP contribution in [0.5, 0.6) is 11.6 Å². The first kappa shape index (κ1) is 26.4. The van der Waals surface area contributed by atoms with Crippen LogP contribution in [0.3, 0.4) is 0 Å². The molecule has 206 valence electrons. The van der Waals surface area contributed by atoms with Gasteiger partial charge in [-0.3, -0.25) is 4.79 Å². The van der Waals surface area contributed by atoms with E-state index in [4.69, 9.17) is 4.74 Å². The summed E-state index contributed by atoms with van der Waals surface area (Å²) in [4.78, 5) is 34.9. The number of nitrogens with zero attached hydrogens (tertiary/aromatic N) is 7. The van der Waals surface area contributed by atoms with E-state index in [2.05, 4.69) is 30.2 Å². The van der Waals surface area contributed by atoms with E-state index in [1.807, 2.05) is 0 Å². The molecule has 39 heavy (non-hydrogen) atoms. The number of likely N-dealkylation sites (N-methyl/N-ethyl adjacent to an activating group) is 1. The maximum Gasteiger partial charge on any atom is 0.451 e. The number of aryl methyl sites for hydroxylation is 1. The van der Waals surface area contributed by atoms with Crippen molar-refractivity contribution >= 4 is 23.4 Å². The average Bonchev–Trinajstić information content (AvgIpc) is 2.88. The molecule has 0 saturated heterocycles. The molecule has 0 radical (unpaired) electrons. The Morgan fingerprint density at radius 1 is 1.05 bits per heavy atom. The Morgan fingerprint density at radius 3 is 2.44 bits per heavy atom. The lowest BCUT2D eigenvalue weighted by Gasteiger charge is -2.42. The van der Waals surface area contributed by atoms with E-state index in [1.54, 1.807) is 6.07 Å². The van der Waals surface area contributed by atoms with Gasteiger partial charge in [0.1, 0.15) is 11.7 Å². The van der Waals surface area contributed by atoms with Crippen LogP contribution in [0.15, 0.2) is 30.7 Å². The van der Waals surface area contributed by atoms with Crippen LogP contribution in [0.25, 0.3) is 0 Å². The molecule has 1 atom stereocenters. The molecule has 0 saturated carbocycles. The first-order valence-corrected chi connectivity index (χ1v) is 11.7. The molecule has 2 aliphatic rings. The number of hydrogen-bond donors (Lipinski definition) is 1. The second-order valence-electron chi connectivity index (χ2n) is 8.91. The SMILES string of the molecule is CN1c2nc(NCc3ccc(Oc4cnc(C(F)(F)F)nc4)nc3)nc3c2N(CCC3)C(=O)C1CC(F)(F)F. The highest BCUT2D eigenvalue weighted by molar-refractivity contribution is 6.05. The number of halogens is 6. The zero-order chi connectivity index (χ0) is 27.9. The highest BCUT2D eigenvalue weighted by Gasteiger charge is 2.46. The van der Waals surface area contributed by atoms with Crippen LogP contribution in [-0.2, 0) is 23.9 Å². The first-order chi connectivity index (χ1) is 18.4. The molecule has 3 aromatic heterocycles. The minimum atomic E-state index is -4.66. The number of aromatic nitrogens is 5. The lowest BCUT2D eigenvalue weighted by molar-refractivity contribution is -0.146. The van der Waals surface area contributed by atoms with Crippen LogP contribution < -0.4 is 19.9 Å². The van der Waals surface area contributed by atoms with Crippen LogP contribution in [0, 0.1) is 0 Å². The van der Waals surface area contributed by atoms with Gasteiger partial charge >= 0.3 is 12.4 Å². The number of pyridine rings is 1. The van der Waals surface area contributed by atoms with Crippen LogP contribution >= 0.6 is 0 Å². The fourth-order valence-corrected chi connectivity index (χ4v) is 4.33. The molecular weight excluding hydrogens is 534 g/mol. The Balaban J connectivity index is 1.29. The predicted octanol–water partition coefficient (Wildman–Crippen LogP) is 4.13. The number of amides is 1. The molecule has 0 aromatic carbocycles. The average molecular weight is 554 g/mol. The Labute approximate surface area is 217 Å². The van der Waals surface area contributed by atoms with E-state index in [0.717, 1.165) is 12.4 Å². The monoisotopic (exact) mass is 554 g/mol. The Hall–Kier alpha value is -4.24. The van der Waals surface area contributed by atoms with Crippen molar-refractivity contribution in [3.05, 3.63) is 47.8 Å². The summed E-state index contributed by atoms with van der Waals surface area (Å²) in [5, 5.41) is 3.03. The molecule has 3 aromatic rings. The molecule has 5 rings (SSSR count). The van der Waals surface area contributed by atoms with Crippen molar-refractivity contribution in [1.29, 1.82) is 0 Å². The van der Waals surface area contributed by atoms with E-state index in [0.29, 0.717) is 36.3 Å². The quantitative estimate of drug-likeness (QED) is 0.450. The highest BCUT2D eigenvalue weighted by Crippen LogP contribution is 2.42. The zero-order valence-electron chi connectivity index (χ0n) is 20.2. The summed E-state index contributed by atoms with van der Waals surface area (Å²) in [6.45, 7) is 0.503. The van der Waals surface area contributed by atoms with Crippen molar-refractivity contribution in [2.75, 3.05) is 28.7 Å². The summed E-state index contributed by atoms with van der Waals surface area (Å²) in [6.07, 6.45) is -6.14. The summed E-state index contributed by atoms with van der Waals surface area (Å²) in [5.41, 5.74) is 1.68. The number of ether oxygens (including phenoxy) is 1. The number of carbonyl (C=O) groups is 1. The van der Waals surface area contributed by atoms with Gasteiger partial charge in [-0.25, -0.2) is 19.9 Å². The van der Waals surface area contributed by atoms with E-state index < -0.39 is 36.5 Å². The van der Waals surface area contributed by atoms with Gasteiger partial charge < -0.3 is 19.9 Å². The third kappa shape index (κ3) is 5.63. The second-order valence-corrected chi connectivity index (χ2v) is 8.91. The molecule has 1 unspecified atom stereocenters. The van der Waals surface area contributed by atoms with Gasteiger partial charge in [0.15, 0.2) is 11.6 Å². The molecule has 1 amide bonds. The summed E-state index contributed by atoms with van der Waals surface area (Å²) in [6, 6.07) is 1.72. The van der Waals surface area contributed by atoms with Crippen molar-refractivity contribution in [2.45, 2.75) is 44.2 Å². The number of hydrogen-bond acceptors (Lipinski definition) is 9. The van der Waals surface area contributed by atoms with Crippen molar-refractivity contribution in [3.63, 3.8) is 0 Å². The molecule has 0 fully saturated rings. The van der Waals surface area contributed by atoms with Gasteiger partial charge in [0.05, 0.1) is 24.5 Å². The Kier molecular flexibility index (Phi) is 6.64. The van der Waals surface area contributed by atoms with Gasteiger partial charge in [-0.2, -0.15) is 31.3 Å². The lowest BCUT2D eigenvalue weighted by atomic mass is 10.0. The van der Waals surface area contributed by atoms with Crippen molar-refractivity contribution in [2.24, 2.45) is 0 Å². The van der Waals surface area contributed by atoms with Crippen molar-refractivity contribution < 1.29 is 35.9 Å². The van der Waals surface area contributed by atoms with E-state index >= 15 is 0 Å². The van der Waals surface area contributed by atoms with E-state index in [9.17, 15) is 31.1 Å². The van der Waals surface area contributed by atoms with Gasteiger partial charge in [-0.1, -0.05) is 6.07 Å². The summed E-state index contributed by atoms with van der Waals surface area (Å²) >= 11 is 0. The Morgan fingerprint density at radius 2 is 1.79 bits per heavy atom. The van der Waals surface area contributed by atoms with Gasteiger partial charge in [-0.15, -0.1) is 0 Å². The van der Waals surface area contributed by atoms with E-state index in [1.165, 1.54) is 29.1 Å². The first-order valence-electron chi connectivity index (χ1n) is 11.7. The maximum absolute atomic E-state index is 13.2. The highest BCUT2D eigenvalue weighted by atomic mass is 19.4. The standard InChI is InChI=1S/C23H20F6N8O2/c1-36-15(7-22(24,25)26)19(38)37-6-2-3-14-17(37)18(36)35-21(34-14)33-9-12-4-5-16(30-8-12)39-13-10-31-20(32-11-13)23(27,28)29/h4-5,8,10-11,15H,2-3,6-7,9H2,1H3,(H,33,34,35). The zero-order valence-corrected chi connectivity index (χ0v) is 20.2. The van der Waals surface area contributed by atoms with Gasteiger partial charge in [-0.05, 0) is 18.4 Å². The second kappa shape index (κ2) is 9.81. The van der Waals surface area contributed by atoms with Crippen LogP contribution in [-0.4, -0.2) is 56.6 Å². The Bertz CT molecular complexity index is 1370. The minimum Gasteiger partial charge on any atom is -0.436 e. The van der Waals surface area contributed by atoms with Crippen LogP contribution in [0.4, 0.5) is 43.8 Å². The molecule has 0 spiro atoms. The molecule has 1 N–H and O–H groups in total. The third-order valence-corrected chi connectivity index (χ3v) is 6.13. The smallest absolute Gasteiger partial charge is 0.436 e. The van der Waals surface area contributed by atoms with Gasteiger partial charge in [0, 0.05) is 32.4 Å². The normalized spacial score (nSPS) is 17.2. The van der Waals surface area contributed by atoms with Gasteiger partial charge in [0.2, 0.25) is 23.6 Å². The molecule has 16 heteroatoms. The number of nitrogens with one attached hydrogen (secondary N) is 1. The summed E-state index contributed by atoms with van der Waals surface area (Å²) in [7, 11) is 1.41. The molecule has 10 nitrogen and oxygen atoms in total. The maximum atomic E-state index is 13.2. The minimum absolute atomic E-state index is 0.0294. The number of carbonyl (C=O) groups excluding carboxylic acids is 1. The fraction of sp³-hybridized carbons (Fsp3) is 0.391. The van der Waals surface area contributed by atoms with E-state index in [-0.39, 0.29) is 29.9 Å². The van der Waals surface area contributed by atoms with Crippen molar-refractivity contribution in [3.8, 4) is 11.6 Å². The topological polar surface area (TPSA) is 109 Å². The summed E-state index contributed by atoms with van der Waals surface area (Å²) in [5.74, 6) is -1.42. The number of anilines is 3.